The van der Waals surface area contributed by atoms with E-state index in [-0.39, 0.29) is 25.6 Å². The lowest BCUT2D eigenvalue weighted by Crippen LogP contribution is -2.61. The van der Waals surface area contributed by atoms with E-state index in [0.717, 1.165) is 64.2 Å². The topological polar surface area (TPSA) is 214 Å². The molecule has 2 rings (SSSR count). The van der Waals surface area contributed by atoms with Crippen LogP contribution >= 0.6 is 0 Å². The summed E-state index contributed by atoms with van der Waals surface area (Å²) in [5.41, 5.74) is 0. The maximum Gasteiger partial charge on any atom is 0.306 e. The molecule has 14 heteroatoms. The van der Waals surface area contributed by atoms with Crippen molar-refractivity contribution in [1.82, 2.24) is 0 Å². The molecule has 7 N–H and O–H groups in total. The van der Waals surface area contributed by atoms with Gasteiger partial charge in [-0.1, -0.05) is 154 Å². The van der Waals surface area contributed by atoms with Gasteiger partial charge in [0.1, 0.15) is 54.9 Å². The summed E-state index contributed by atoms with van der Waals surface area (Å²) in [7, 11) is 0. The lowest BCUT2D eigenvalue weighted by Gasteiger charge is -2.42. The fourth-order valence-electron chi connectivity index (χ4n) is 7.65. The molecular formula is C48H88O14. The zero-order valence-electron chi connectivity index (χ0n) is 38.4. The first-order chi connectivity index (χ1) is 30.1. The second-order valence-corrected chi connectivity index (χ2v) is 17.3. The molecule has 11 atom stereocenters. The van der Waals surface area contributed by atoms with Gasteiger partial charge in [-0.3, -0.25) is 4.79 Å². The van der Waals surface area contributed by atoms with Gasteiger partial charge < -0.3 is 64.2 Å². The van der Waals surface area contributed by atoms with Gasteiger partial charge in [0.15, 0.2) is 12.6 Å². The molecule has 0 amide bonds. The number of carbonyl (C=O) groups excluding carboxylic acids is 1. The minimum Gasteiger partial charge on any atom is -0.457 e. The molecule has 0 bridgehead atoms. The summed E-state index contributed by atoms with van der Waals surface area (Å²) in [5, 5.41) is 72.0. The number of carbonyl (C=O) groups is 1. The standard InChI is InChI=1S/C48H88O14/c1-3-5-7-9-11-13-15-17-19-21-23-25-27-29-31-40(50)60-37(34-57-32-30-28-26-24-22-20-18-16-14-12-10-8-6-4-2)35-58-47-46(56)44(54)42(52)39(62-47)36-59-48-45(55)43(53)41(51)38(33-49)61-48/h9,11,15,17,37-39,41-49,51-56H,3-8,10,12-14,16,18-36H2,1-2H3/b11-9-,17-15-. The van der Waals surface area contributed by atoms with Gasteiger partial charge in [0.05, 0.1) is 26.4 Å². The van der Waals surface area contributed by atoms with Crippen LogP contribution in [0.25, 0.3) is 0 Å². The van der Waals surface area contributed by atoms with Crippen molar-refractivity contribution in [1.29, 1.82) is 0 Å². The minimum absolute atomic E-state index is 0.0594. The van der Waals surface area contributed by atoms with Crippen LogP contribution in [0.15, 0.2) is 24.3 Å². The predicted molar refractivity (Wildman–Crippen MR) is 238 cm³/mol. The quantitative estimate of drug-likeness (QED) is 0.0202. The fourth-order valence-corrected chi connectivity index (χ4v) is 7.65. The van der Waals surface area contributed by atoms with Crippen LogP contribution in [0.4, 0.5) is 0 Å². The number of allylic oxidation sites excluding steroid dienone is 4. The molecule has 0 aromatic rings. The maximum absolute atomic E-state index is 13.0. The Morgan fingerprint density at radius 2 is 1.02 bits per heavy atom. The van der Waals surface area contributed by atoms with Crippen molar-refractivity contribution >= 4 is 5.97 Å². The number of hydrogen-bond donors (Lipinski definition) is 7. The second kappa shape index (κ2) is 36.7. The Labute approximate surface area is 373 Å². The second-order valence-electron chi connectivity index (χ2n) is 17.3. The van der Waals surface area contributed by atoms with Gasteiger partial charge in [-0.25, -0.2) is 0 Å². The lowest BCUT2D eigenvalue weighted by atomic mass is 9.98. The molecule has 62 heavy (non-hydrogen) atoms. The van der Waals surface area contributed by atoms with Crippen molar-refractivity contribution in [2.45, 2.75) is 242 Å². The van der Waals surface area contributed by atoms with Crippen LogP contribution in [0.5, 0.6) is 0 Å². The number of rotatable bonds is 38. The number of esters is 1. The summed E-state index contributed by atoms with van der Waals surface area (Å²) >= 11 is 0. The Hall–Kier alpha value is -1.53. The smallest absolute Gasteiger partial charge is 0.306 e. The zero-order chi connectivity index (χ0) is 45.2. The summed E-state index contributed by atoms with van der Waals surface area (Å²) in [6, 6.07) is 0. The highest BCUT2D eigenvalue weighted by Crippen LogP contribution is 2.26. The number of ether oxygens (including phenoxy) is 6. The molecule has 0 radical (unpaired) electrons. The lowest BCUT2D eigenvalue weighted by molar-refractivity contribution is -0.332. The highest BCUT2D eigenvalue weighted by atomic mass is 16.7. The monoisotopic (exact) mass is 889 g/mol. The molecule has 364 valence electrons. The number of aliphatic hydroxyl groups excluding tert-OH is 7. The summed E-state index contributed by atoms with van der Waals surface area (Å²) in [4.78, 5) is 13.0. The van der Waals surface area contributed by atoms with Crippen LogP contribution in [0.1, 0.15) is 174 Å². The number of hydrogen-bond acceptors (Lipinski definition) is 14. The van der Waals surface area contributed by atoms with Crippen LogP contribution in [0, 0.1) is 0 Å². The van der Waals surface area contributed by atoms with E-state index in [0.29, 0.717) is 13.0 Å². The van der Waals surface area contributed by atoms with Crippen molar-refractivity contribution < 1.29 is 69.0 Å². The minimum atomic E-state index is -1.71. The van der Waals surface area contributed by atoms with E-state index in [1.165, 1.54) is 83.5 Å². The van der Waals surface area contributed by atoms with Crippen LogP contribution in [0.2, 0.25) is 0 Å². The van der Waals surface area contributed by atoms with Crippen molar-refractivity contribution in [2.75, 3.05) is 33.0 Å². The van der Waals surface area contributed by atoms with Gasteiger partial charge in [-0.2, -0.15) is 0 Å². The van der Waals surface area contributed by atoms with Gasteiger partial charge in [-0.05, 0) is 38.5 Å². The Bertz CT molecular complexity index is 1120. The summed E-state index contributed by atoms with van der Waals surface area (Å²) < 4.78 is 34.2. The average molecular weight is 889 g/mol. The third-order valence-electron chi connectivity index (χ3n) is 11.7. The summed E-state index contributed by atoms with van der Waals surface area (Å²) in [6.07, 6.45) is 20.9. The van der Waals surface area contributed by atoms with Gasteiger partial charge in [-0.15, -0.1) is 0 Å². The summed E-state index contributed by atoms with van der Waals surface area (Å²) in [6.45, 7) is 3.63. The molecule has 2 aliphatic rings. The SMILES string of the molecule is CCCC/C=C\C/C=C\CCCCCCCC(=O)OC(COCCCCCCCCCCCCCCCC)COC1OC(COC2OC(CO)C(O)C(O)C2O)C(O)C(O)C1O. The van der Waals surface area contributed by atoms with Crippen LogP contribution in [-0.4, -0.2) is 142 Å². The van der Waals surface area contributed by atoms with Crippen molar-refractivity contribution in [3.8, 4) is 0 Å². The Morgan fingerprint density at radius 1 is 0.532 bits per heavy atom. The first-order valence-electron chi connectivity index (χ1n) is 24.4. The fraction of sp³-hybridized carbons (Fsp3) is 0.896. The Balaban J connectivity index is 1.80. The zero-order valence-corrected chi connectivity index (χ0v) is 38.4. The molecule has 2 saturated heterocycles. The number of unbranched alkanes of at least 4 members (excludes halogenated alkanes) is 20. The van der Waals surface area contributed by atoms with Gasteiger partial charge >= 0.3 is 5.97 Å². The molecule has 2 heterocycles. The normalized spacial score (nSPS) is 27.4. The number of aliphatic hydroxyl groups is 7. The Kier molecular flexibility index (Phi) is 33.5. The van der Waals surface area contributed by atoms with E-state index in [2.05, 4.69) is 38.2 Å². The van der Waals surface area contributed by atoms with Crippen LogP contribution < -0.4 is 0 Å². The third-order valence-corrected chi connectivity index (χ3v) is 11.7. The first-order valence-corrected chi connectivity index (χ1v) is 24.4. The average Bonchev–Trinajstić information content (AvgIpc) is 3.27. The third kappa shape index (κ3) is 24.7. The largest absolute Gasteiger partial charge is 0.457 e. The van der Waals surface area contributed by atoms with E-state index in [4.69, 9.17) is 28.4 Å². The van der Waals surface area contributed by atoms with Crippen LogP contribution in [0.3, 0.4) is 0 Å². The molecule has 0 aromatic carbocycles. The first kappa shape index (κ1) is 56.6. The van der Waals surface area contributed by atoms with Gasteiger partial charge in [0.2, 0.25) is 0 Å². The van der Waals surface area contributed by atoms with Crippen molar-refractivity contribution in [3.05, 3.63) is 24.3 Å². The molecular weight excluding hydrogens is 801 g/mol. The van der Waals surface area contributed by atoms with Crippen molar-refractivity contribution in [2.24, 2.45) is 0 Å². The highest BCUT2D eigenvalue weighted by Gasteiger charge is 2.47. The molecule has 0 aromatic heterocycles. The molecule has 11 unspecified atom stereocenters. The van der Waals surface area contributed by atoms with Gasteiger partial charge in [0.25, 0.3) is 0 Å². The van der Waals surface area contributed by atoms with Crippen molar-refractivity contribution in [3.63, 3.8) is 0 Å². The van der Waals surface area contributed by atoms with E-state index in [1.807, 2.05) is 0 Å². The maximum atomic E-state index is 13.0. The van der Waals surface area contributed by atoms with E-state index in [1.54, 1.807) is 0 Å². The molecule has 14 nitrogen and oxygen atoms in total. The summed E-state index contributed by atoms with van der Waals surface area (Å²) in [5.74, 6) is -0.389. The molecule has 2 aliphatic heterocycles. The Morgan fingerprint density at radius 3 is 1.60 bits per heavy atom. The van der Waals surface area contributed by atoms with E-state index in [9.17, 15) is 40.5 Å². The molecule has 2 fully saturated rings. The predicted octanol–water partition coefficient (Wildman–Crippen LogP) is 6.46. The van der Waals surface area contributed by atoms with Crippen LogP contribution in [-0.2, 0) is 33.2 Å². The molecule has 0 aliphatic carbocycles. The molecule has 0 spiro atoms. The highest BCUT2D eigenvalue weighted by molar-refractivity contribution is 5.69. The van der Waals surface area contributed by atoms with E-state index >= 15 is 0 Å². The van der Waals surface area contributed by atoms with E-state index < -0.39 is 80.7 Å². The molecule has 0 saturated carbocycles. The van der Waals surface area contributed by atoms with Gasteiger partial charge in [0, 0.05) is 13.0 Å².